The molecule has 3 rings (SSSR count). The molecule has 4 amide bonds. The first-order chi connectivity index (χ1) is 15.8. The van der Waals surface area contributed by atoms with Crippen molar-refractivity contribution in [2.24, 2.45) is 5.92 Å². The number of imide groups is 1. The van der Waals surface area contributed by atoms with Gasteiger partial charge in [-0.05, 0) is 57.6 Å². The molecule has 0 unspecified atom stereocenters. The Morgan fingerprint density at radius 1 is 1.15 bits per heavy atom. The van der Waals surface area contributed by atoms with Crippen molar-refractivity contribution in [2.45, 2.75) is 52.0 Å². The number of hydrogen-bond acceptors (Lipinski definition) is 7. The van der Waals surface area contributed by atoms with Crippen LogP contribution in [0, 0.1) is 5.92 Å². The van der Waals surface area contributed by atoms with E-state index in [1.807, 2.05) is 13.8 Å². The van der Waals surface area contributed by atoms with Crippen molar-refractivity contribution in [3.05, 3.63) is 18.2 Å². The van der Waals surface area contributed by atoms with Gasteiger partial charge >= 0.3 is 12.0 Å². The zero-order chi connectivity index (χ0) is 24.0. The van der Waals surface area contributed by atoms with Crippen molar-refractivity contribution < 1.29 is 33.4 Å². The second kappa shape index (κ2) is 10.5. The molecule has 1 aliphatic heterocycles. The molecule has 2 fully saturated rings. The molecule has 2 N–H and O–H groups in total. The number of nitrogens with zero attached hydrogens (tertiary/aromatic N) is 1. The van der Waals surface area contributed by atoms with Crippen molar-refractivity contribution in [1.29, 1.82) is 0 Å². The van der Waals surface area contributed by atoms with Gasteiger partial charge in [0.1, 0.15) is 23.6 Å². The van der Waals surface area contributed by atoms with E-state index in [-0.39, 0.29) is 0 Å². The molecule has 1 saturated carbocycles. The summed E-state index contributed by atoms with van der Waals surface area (Å²) in [5.74, 6) is -0.342. The van der Waals surface area contributed by atoms with Gasteiger partial charge in [-0.3, -0.25) is 19.3 Å². The standard InChI is InChI=1S/C23H31N3O7/c1-4-31-16-6-7-18(32-5-2)17(12-16)24-19(27)14-33-20(28)13-26-21(29)23(25-22(26)30)10-8-15(3)9-11-23/h6-7,12,15H,4-5,8-11,13-14H2,1-3H3,(H,24,27)(H,25,30). The number of ether oxygens (including phenoxy) is 3. The first-order valence-electron chi connectivity index (χ1n) is 11.3. The van der Waals surface area contributed by atoms with Gasteiger partial charge in [-0.1, -0.05) is 6.92 Å². The summed E-state index contributed by atoms with van der Waals surface area (Å²) in [6.45, 7) is 5.52. The Morgan fingerprint density at radius 2 is 1.85 bits per heavy atom. The molecular formula is C23H31N3O7. The highest BCUT2D eigenvalue weighted by Crippen LogP contribution is 2.36. The number of amides is 4. The van der Waals surface area contributed by atoms with Crippen LogP contribution in [0.15, 0.2) is 18.2 Å². The monoisotopic (exact) mass is 461 g/mol. The third-order valence-electron chi connectivity index (χ3n) is 5.86. The Bertz CT molecular complexity index is 909. The van der Waals surface area contributed by atoms with Gasteiger partial charge in [0.15, 0.2) is 6.61 Å². The Hall–Kier alpha value is -3.30. The first-order valence-corrected chi connectivity index (χ1v) is 11.3. The van der Waals surface area contributed by atoms with Crippen LogP contribution in [0.2, 0.25) is 0 Å². The number of carbonyl (C=O) groups excluding carboxylic acids is 4. The van der Waals surface area contributed by atoms with E-state index in [0.29, 0.717) is 49.2 Å². The zero-order valence-corrected chi connectivity index (χ0v) is 19.3. The predicted molar refractivity (Wildman–Crippen MR) is 119 cm³/mol. The minimum absolute atomic E-state index is 0.381. The van der Waals surface area contributed by atoms with Crippen molar-refractivity contribution in [2.75, 3.05) is 31.7 Å². The molecular weight excluding hydrogens is 430 g/mol. The molecule has 1 aromatic rings. The number of urea groups is 1. The van der Waals surface area contributed by atoms with E-state index in [1.54, 1.807) is 18.2 Å². The minimum atomic E-state index is -0.928. The van der Waals surface area contributed by atoms with Crippen LogP contribution in [0.1, 0.15) is 46.5 Å². The van der Waals surface area contributed by atoms with Crippen molar-refractivity contribution in [1.82, 2.24) is 10.2 Å². The van der Waals surface area contributed by atoms with Gasteiger partial charge in [-0.15, -0.1) is 0 Å². The van der Waals surface area contributed by atoms with Crippen LogP contribution in [0.4, 0.5) is 10.5 Å². The van der Waals surface area contributed by atoms with E-state index >= 15 is 0 Å². The van der Waals surface area contributed by atoms with Gasteiger partial charge in [0, 0.05) is 6.07 Å². The molecule has 1 spiro atoms. The molecule has 10 heteroatoms. The van der Waals surface area contributed by atoms with E-state index in [2.05, 4.69) is 17.6 Å². The Morgan fingerprint density at radius 3 is 2.52 bits per heavy atom. The maximum Gasteiger partial charge on any atom is 0.326 e. The maximum atomic E-state index is 12.8. The Labute approximate surface area is 192 Å². The van der Waals surface area contributed by atoms with Gasteiger partial charge in [-0.2, -0.15) is 0 Å². The smallest absolute Gasteiger partial charge is 0.326 e. The highest BCUT2D eigenvalue weighted by atomic mass is 16.5. The van der Waals surface area contributed by atoms with E-state index in [4.69, 9.17) is 14.2 Å². The Kier molecular flexibility index (Phi) is 7.78. The van der Waals surface area contributed by atoms with Gasteiger partial charge in [0.2, 0.25) is 0 Å². The number of esters is 1. The SMILES string of the molecule is CCOc1ccc(OCC)c(NC(=O)COC(=O)CN2C(=O)NC3(CCC(C)CC3)C2=O)c1. The summed E-state index contributed by atoms with van der Waals surface area (Å²) >= 11 is 0. The number of hydrogen-bond donors (Lipinski definition) is 2. The third-order valence-corrected chi connectivity index (χ3v) is 5.86. The second-order valence-corrected chi connectivity index (χ2v) is 8.32. The lowest BCUT2D eigenvalue weighted by atomic mass is 9.77. The van der Waals surface area contributed by atoms with E-state index in [9.17, 15) is 19.2 Å². The van der Waals surface area contributed by atoms with Crippen molar-refractivity contribution >= 4 is 29.5 Å². The molecule has 1 aliphatic carbocycles. The lowest BCUT2D eigenvalue weighted by Crippen LogP contribution is -2.49. The summed E-state index contributed by atoms with van der Waals surface area (Å²) in [7, 11) is 0. The van der Waals surface area contributed by atoms with Gasteiger partial charge in [0.05, 0.1) is 18.9 Å². The first kappa shape index (κ1) is 24.3. The van der Waals surface area contributed by atoms with Gasteiger partial charge in [0.25, 0.3) is 11.8 Å². The molecule has 0 atom stereocenters. The summed E-state index contributed by atoms with van der Waals surface area (Å²) in [4.78, 5) is 50.6. The molecule has 1 aromatic carbocycles. The lowest BCUT2D eigenvalue weighted by molar-refractivity contribution is -0.150. The summed E-state index contributed by atoms with van der Waals surface area (Å²) < 4.78 is 16.0. The average Bonchev–Trinajstić information content (AvgIpc) is 3.00. The molecule has 0 radical (unpaired) electrons. The summed E-state index contributed by atoms with van der Waals surface area (Å²) in [5.41, 5.74) is -0.547. The summed E-state index contributed by atoms with van der Waals surface area (Å²) in [5, 5.41) is 5.38. The van der Waals surface area contributed by atoms with Crippen LogP contribution in [0.25, 0.3) is 0 Å². The Balaban J connectivity index is 1.54. The largest absolute Gasteiger partial charge is 0.494 e. The van der Waals surface area contributed by atoms with Crippen LogP contribution >= 0.6 is 0 Å². The number of nitrogens with one attached hydrogen (secondary N) is 2. The molecule has 1 saturated heterocycles. The fourth-order valence-electron chi connectivity index (χ4n) is 4.07. The highest BCUT2D eigenvalue weighted by molar-refractivity contribution is 6.08. The minimum Gasteiger partial charge on any atom is -0.494 e. The number of benzene rings is 1. The molecule has 10 nitrogen and oxygen atoms in total. The van der Waals surface area contributed by atoms with Crippen molar-refractivity contribution in [3.8, 4) is 11.5 Å². The lowest BCUT2D eigenvalue weighted by Gasteiger charge is -2.33. The normalized spacial score (nSPS) is 22.2. The second-order valence-electron chi connectivity index (χ2n) is 8.32. The molecule has 0 aromatic heterocycles. The molecule has 2 aliphatic rings. The predicted octanol–water partition coefficient (Wildman–Crippen LogP) is 2.47. The quantitative estimate of drug-likeness (QED) is 0.428. The highest BCUT2D eigenvalue weighted by Gasteiger charge is 2.52. The fraction of sp³-hybridized carbons (Fsp3) is 0.565. The zero-order valence-electron chi connectivity index (χ0n) is 19.3. The third kappa shape index (κ3) is 5.74. The van der Waals surface area contributed by atoms with E-state index < -0.39 is 42.5 Å². The van der Waals surface area contributed by atoms with Crippen LogP contribution < -0.4 is 20.1 Å². The van der Waals surface area contributed by atoms with E-state index in [0.717, 1.165) is 17.7 Å². The molecule has 0 bridgehead atoms. The summed E-state index contributed by atoms with van der Waals surface area (Å²) in [6, 6.07) is 4.41. The van der Waals surface area contributed by atoms with E-state index in [1.165, 1.54) is 0 Å². The van der Waals surface area contributed by atoms with Crippen LogP contribution in [0.5, 0.6) is 11.5 Å². The summed E-state index contributed by atoms with van der Waals surface area (Å²) in [6.07, 6.45) is 2.77. The van der Waals surface area contributed by atoms with Crippen molar-refractivity contribution in [3.63, 3.8) is 0 Å². The number of carbonyl (C=O) groups is 4. The maximum absolute atomic E-state index is 12.8. The number of anilines is 1. The van der Waals surface area contributed by atoms with Crippen LogP contribution in [-0.2, 0) is 19.1 Å². The number of rotatable bonds is 9. The topological polar surface area (TPSA) is 123 Å². The molecule has 180 valence electrons. The van der Waals surface area contributed by atoms with Gasteiger partial charge in [-0.25, -0.2) is 4.79 Å². The van der Waals surface area contributed by atoms with Crippen LogP contribution in [0.3, 0.4) is 0 Å². The van der Waals surface area contributed by atoms with Crippen LogP contribution in [-0.4, -0.2) is 60.6 Å². The molecule has 33 heavy (non-hydrogen) atoms. The van der Waals surface area contributed by atoms with Gasteiger partial charge < -0.3 is 24.8 Å². The average molecular weight is 462 g/mol. The molecule has 1 heterocycles. The fourth-order valence-corrected chi connectivity index (χ4v) is 4.07.